The zero-order chi connectivity index (χ0) is 12.7. The van der Waals surface area contributed by atoms with Crippen molar-refractivity contribution in [2.24, 2.45) is 11.0 Å². The van der Waals surface area contributed by atoms with E-state index >= 15 is 0 Å². The van der Waals surface area contributed by atoms with Gasteiger partial charge in [-0.25, -0.2) is 5.43 Å². The van der Waals surface area contributed by atoms with E-state index in [-0.39, 0.29) is 5.91 Å². The van der Waals surface area contributed by atoms with Gasteiger partial charge in [0.25, 0.3) is 0 Å². The number of amides is 1. The summed E-state index contributed by atoms with van der Waals surface area (Å²) in [4.78, 5) is 11.3. The highest BCUT2D eigenvalue weighted by Crippen LogP contribution is 2.09. The van der Waals surface area contributed by atoms with Gasteiger partial charge in [-0.15, -0.1) is 0 Å². The van der Waals surface area contributed by atoms with Crippen molar-refractivity contribution in [1.82, 2.24) is 5.43 Å². The molecule has 0 aliphatic carbocycles. The van der Waals surface area contributed by atoms with Crippen molar-refractivity contribution in [3.05, 3.63) is 29.8 Å². The average molecular weight is 234 g/mol. The van der Waals surface area contributed by atoms with Crippen LogP contribution in [0.4, 0.5) is 0 Å². The number of nitrogens with zero attached hydrogens (tertiary/aromatic N) is 1. The largest absolute Gasteiger partial charge is 0.497 e. The van der Waals surface area contributed by atoms with Gasteiger partial charge in [0.05, 0.1) is 13.3 Å². The molecule has 0 bridgehead atoms. The smallest absolute Gasteiger partial charge is 0.240 e. The quantitative estimate of drug-likeness (QED) is 0.627. The standard InChI is InChI=1S/C13H18N2O2/c1-10(2)8-13(16)15-14-9-11-4-6-12(17-3)7-5-11/h4-7,9-10H,8H2,1-3H3,(H,15,16)/b14-9-. The van der Waals surface area contributed by atoms with Crippen molar-refractivity contribution in [3.8, 4) is 5.75 Å². The molecule has 1 N–H and O–H groups in total. The first-order valence-electron chi connectivity index (χ1n) is 5.57. The summed E-state index contributed by atoms with van der Waals surface area (Å²) in [5, 5.41) is 3.88. The number of benzene rings is 1. The topological polar surface area (TPSA) is 50.7 Å². The SMILES string of the molecule is COc1ccc(/C=N\NC(=O)CC(C)C)cc1. The number of nitrogens with one attached hydrogen (secondary N) is 1. The van der Waals surface area contributed by atoms with E-state index in [9.17, 15) is 4.79 Å². The molecule has 1 aromatic carbocycles. The molecule has 0 aliphatic rings. The highest BCUT2D eigenvalue weighted by Gasteiger charge is 2.02. The lowest BCUT2D eigenvalue weighted by atomic mass is 10.1. The maximum atomic E-state index is 11.3. The molecule has 17 heavy (non-hydrogen) atoms. The third-order valence-electron chi connectivity index (χ3n) is 2.11. The minimum absolute atomic E-state index is 0.0650. The van der Waals surface area contributed by atoms with Crippen molar-refractivity contribution >= 4 is 12.1 Å². The molecule has 1 rings (SSSR count). The Hall–Kier alpha value is -1.84. The number of carbonyl (C=O) groups is 1. The van der Waals surface area contributed by atoms with Gasteiger partial charge in [0.15, 0.2) is 0 Å². The van der Waals surface area contributed by atoms with E-state index in [0.717, 1.165) is 11.3 Å². The molecule has 0 unspecified atom stereocenters. The molecule has 0 atom stereocenters. The van der Waals surface area contributed by atoms with E-state index in [2.05, 4.69) is 10.5 Å². The Morgan fingerprint density at radius 3 is 2.59 bits per heavy atom. The highest BCUT2D eigenvalue weighted by atomic mass is 16.5. The van der Waals surface area contributed by atoms with E-state index in [4.69, 9.17) is 4.74 Å². The Morgan fingerprint density at radius 2 is 2.06 bits per heavy atom. The Balaban J connectivity index is 2.45. The molecular formula is C13H18N2O2. The van der Waals surface area contributed by atoms with Crippen LogP contribution in [0, 0.1) is 5.92 Å². The van der Waals surface area contributed by atoms with Crippen LogP contribution in [0.1, 0.15) is 25.8 Å². The second-order valence-electron chi connectivity index (χ2n) is 4.16. The van der Waals surface area contributed by atoms with Crippen LogP contribution in [0.5, 0.6) is 5.75 Å². The van der Waals surface area contributed by atoms with Gasteiger partial charge >= 0.3 is 0 Å². The van der Waals surface area contributed by atoms with Crippen LogP contribution < -0.4 is 10.2 Å². The van der Waals surface area contributed by atoms with Gasteiger partial charge in [0.2, 0.25) is 5.91 Å². The Morgan fingerprint density at radius 1 is 1.41 bits per heavy atom. The summed E-state index contributed by atoms with van der Waals surface area (Å²) in [5.41, 5.74) is 3.40. The summed E-state index contributed by atoms with van der Waals surface area (Å²) in [6.07, 6.45) is 2.09. The second-order valence-corrected chi connectivity index (χ2v) is 4.16. The van der Waals surface area contributed by atoms with Crippen LogP contribution in [-0.2, 0) is 4.79 Å². The van der Waals surface area contributed by atoms with Gasteiger partial charge in [-0.05, 0) is 35.7 Å². The van der Waals surface area contributed by atoms with Gasteiger partial charge in [0.1, 0.15) is 5.75 Å². The summed E-state index contributed by atoms with van der Waals surface area (Å²) in [6.45, 7) is 3.99. The fraction of sp³-hybridized carbons (Fsp3) is 0.385. The van der Waals surface area contributed by atoms with Crippen LogP contribution in [-0.4, -0.2) is 19.2 Å². The first-order chi connectivity index (χ1) is 8.11. The lowest BCUT2D eigenvalue weighted by Crippen LogP contribution is -2.19. The molecule has 92 valence electrons. The second kappa shape index (κ2) is 6.68. The fourth-order valence-electron chi connectivity index (χ4n) is 1.29. The van der Waals surface area contributed by atoms with Crippen molar-refractivity contribution in [2.75, 3.05) is 7.11 Å². The zero-order valence-electron chi connectivity index (χ0n) is 10.4. The van der Waals surface area contributed by atoms with Crippen LogP contribution >= 0.6 is 0 Å². The normalized spacial score (nSPS) is 10.8. The van der Waals surface area contributed by atoms with Crippen LogP contribution in [0.3, 0.4) is 0 Å². The molecule has 0 saturated heterocycles. The first-order valence-corrected chi connectivity index (χ1v) is 5.57. The monoisotopic (exact) mass is 234 g/mol. The number of carbonyl (C=O) groups excluding carboxylic acids is 1. The molecule has 0 saturated carbocycles. The van der Waals surface area contributed by atoms with Gasteiger partial charge < -0.3 is 4.74 Å². The average Bonchev–Trinajstić information content (AvgIpc) is 2.29. The van der Waals surface area contributed by atoms with E-state index in [1.165, 1.54) is 0 Å². The highest BCUT2D eigenvalue weighted by molar-refractivity contribution is 5.82. The van der Waals surface area contributed by atoms with Crippen LogP contribution in [0.2, 0.25) is 0 Å². The predicted molar refractivity (Wildman–Crippen MR) is 68.2 cm³/mol. The number of hydrogen-bond acceptors (Lipinski definition) is 3. The number of methoxy groups -OCH3 is 1. The number of rotatable bonds is 5. The molecule has 4 nitrogen and oxygen atoms in total. The number of ether oxygens (including phenoxy) is 1. The summed E-state index contributed by atoms with van der Waals surface area (Å²) in [7, 11) is 1.62. The first kappa shape index (κ1) is 13.2. The van der Waals surface area contributed by atoms with Crippen molar-refractivity contribution < 1.29 is 9.53 Å². The van der Waals surface area contributed by atoms with Crippen molar-refractivity contribution in [1.29, 1.82) is 0 Å². The third-order valence-corrected chi connectivity index (χ3v) is 2.11. The molecule has 0 spiro atoms. The molecule has 1 aromatic rings. The fourth-order valence-corrected chi connectivity index (χ4v) is 1.29. The molecule has 1 amide bonds. The Labute approximate surface area is 102 Å². The maximum Gasteiger partial charge on any atom is 0.240 e. The third kappa shape index (κ3) is 5.15. The van der Waals surface area contributed by atoms with E-state index < -0.39 is 0 Å². The van der Waals surface area contributed by atoms with E-state index in [0.29, 0.717) is 12.3 Å². The minimum Gasteiger partial charge on any atom is -0.497 e. The molecule has 4 heteroatoms. The lowest BCUT2D eigenvalue weighted by Gasteiger charge is -2.02. The van der Waals surface area contributed by atoms with Crippen molar-refractivity contribution in [2.45, 2.75) is 20.3 Å². The molecule has 0 fully saturated rings. The lowest BCUT2D eigenvalue weighted by molar-refractivity contribution is -0.121. The summed E-state index contributed by atoms with van der Waals surface area (Å²) < 4.78 is 5.04. The van der Waals surface area contributed by atoms with Crippen LogP contribution in [0.15, 0.2) is 29.4 Å². The minimum atomic E-state index is -0.0650. The van der Waals surface area contributed by atoms with Crippen molar-refractivity contribution in [3.63, 3.8) is 0 Å². The zero-order valence-corrected chi connectivity index (χ0v) is 10.4. The molecule has 0 aliphatic heterocycles. The van der Waals surface area contributed by atoms with Gasteiger partial charge in [0, 0.05) is 6.42 Å². The van der Waals surface area contributed by atoms with E-state index in [1.54, 1.807) is 13.3 Å². The van der Waals surface area contributed by atoms with Gasteiger partial charge in [-0.3, -0.25) is 4.79 Å². The summed E-state index contributed by atoms with van der Waals surface area (Å²) in [5.74, 6) is 1.07. The molecule has 0 heterocycles. The predicted octanol–water partition coefficient (Wildman–Crippen LogP) is 2.19. The Kier molecular flexibility index (Phi) is 5.20. The van der Waals surface area contributed by atoms with Gasteiger partial charge in [-0.1, -0.05) is 13.8 Å². The molecular weight excluding hydrogens is 216 g/mol. The van der Waals surface area contributed by atoms with Crippen LogP contribution in [0.25, 0.3) is 0 Å². The molecule has 0 radical (unpaired) electrons. The van der Waals surface area contributed by atoms with E-state index in [1.807, 2.05) is 38.1 Å². The Bertz CT molecular complexity index is 383. The molecule has 0 aromatic heterocycles. The number of hydrazone groups is 1. The maximum absolute atomic E-state index is 11.3. The van der Waals surface area contributed by atoms with Gasteiger partial charge in [-0.2, -0.15) is 5.10 Å². The number of hydrogen-bond donors (Lipinski definition) is 1. The summed E-state index contributed by atoms with van der Waals surface area (Å²) >= 11 is 0. The summed E-state index contributed by atoms with van der Waals surface area (Å²) in [6, 6.07) is 7.43.